The Balaban J connectivity index is 1.84. The second-order valence-electron chi connectivity index (χ2n) is 8.40. The standard InChI is InChI=1S/C27H24N4O2/c1-17-12-14-19(15-13-17)31-27(33)25-23(21-10-5-6-11-22(21)30(25)4)24(28-31)26(32)29(3)20-9-7-8-18(2)16-20/h5-16H,1-4H3. The first kappa shape index (κ1) is 20.7. The van der Waals surface area contributed by atoms with Crippen molar-refractivity contribution in [3.8, 4) is 5.69 Å². The third-order valence-corrected chi connectivity index (χ3v) is 6.11. The molecule has 0 atom stereocenters. The van der Waals surface area contributed by atoms with Crippen molar-refractivity contribution in [2.45, 2.75) is 13.8 Å². The van der Waals surface area contributed by atoms with Gasteiger partial charge in [-0.25, -0.2) is 0 Å². The Kier molecular flexibility index (Phi) is 4.86. The van der Waals surface area contributed by atoms with Crippen molar-refractivity contribution in [1.29, 1.82) is 0 Å². The van der Waals surface area contributed by atoms with Crippen LogP contribution in [-0.4, -0.2) is 27.3 Å². The lowest BCUT2D eigenvalue weighted by Crippen LogP contribution is -2.32. The topological polar surface area (TPSA) is 60.1 Å². The Bertz CT molecular complexity index is 1590. The number of aryl methyl sites for hydroxylation is 3. The van der Waals surface area contributed by atoms with Crippen molar-refractivity contribution in [2.75, 3.05) is 11.9 Å². The van der Waals surface area contributed by atoms with Crippen molar-refractivity contribution < 1.29 is 4.79 Å². The number of carbonyl (C=O) groups is 1. The molecule has 0 N–H and O–H groups in total. The third-order valence-electron chi connectivity index (χ3n) is 6.11. The van der Waals surface area contributed by atoms with Crippen LogP contribution in [0.25, 0.3) is 27.5 Å². The first-order valence-electron chi connectivity index (χ1n) is 10.8. The molecule has 2 heterocycles. The minimum atomic E-state index is -0.275. The van der Waals surface area contributed by atoms with Crippen molar-refractivity contribution in [1.82, 2.24) is 14.3 Å². The molecule has 0 fully saturated rings. The van der Waals surface area contributed by atoms with Crippen LogP contribution in [0.3, 0.4) is 0 Å². The zero-order valence-corrected chi connectivity index (χ0v) is 19.0. The van der Waals surface area contributed by atoms with Crippen LogP contribution in [0.1, 0.15) is 21.6 Å². The van der Waals surface area contributed by atoms with Crippen LogP contribution < -0.4 is 10.5 Å². The fraction of sp³-hybridized carbons (Fsp3) is 0.148. The van der Waals surface area contributed by atoms with Crippen LogP contribution in [0.4, 0.5) is 5.69 Å². The third kappa shape index (κ3) is 3.31. The van der Waals surface area contributed by atoms with E-state index in [2.05, 4.69) is 5.10 Å². The van der Waals surface area contributed by atoms with Gasteiger partial charge in [0.2, 0.25) is 0 Å². The number of rotatable bonds is 3. The molecule has 0 aliphatic heterocycles. The molecule has 0 aliphatic carbocycles. The minimum Gasteiger partial charge on any atom is -0.339 e. The van der Waals surface area contributed by atoms with Gasteiger partial charge >= 0.3 is 0 Å². The Morgan fingerprint density at radius 1 is 0.909 bits per heavy atom. The number of fused-ring (bicyclic) bond motifs is 3. The van der Waals surface area contributed by atoms with Crippen LogP contribution in [0.5, 0.6) is 0 Å². The molecule has 5 rings (SSSR count). The number of para-hydroxylation sites is 1. The van der Waals surface area contributed by atoms with Crippen molar-refractivity contribution >= 4 is 33.4 Å². The number of aromatic nitrogens is 3. The molecule has 1 amide bonds. The van der Waals surface area contributed by atoms with Crippen LogP contribution in [-0.2, 0) is 7.05 Å². The number of hydrogen-bond acceptors (Lipinski definition) is 3. The molecule has 33 heavy (non-hydrogen) atoms. The molecule has 3 aromatic carbocycles. The quantitative estimate of drug-likeness (QED) is 0.409. The summed E-state index contributed by atoms with van der Waals surface area (Å²) < 4.78 is 3.18. The first-order valence-corrected chi connectivity index (χ1v) is 10.8. The smallest absolute Gasteiger partial charge is 0.296 e. The normalized spacial score (nSPS) is 11.3. The molecule has 0 radical (unpaired) electrons. The summed E-state index contributed by atoms with van der Waals surface area (Å²) in [5, 5.41) is 6.04. The number of benzene rings is 3. The van der Waals surface area contributed by atoms with E-state index < -0.39 is 0 Å². The van der Waals surface area contributed by atoms with Gasteiger partial charge in [0.25, 0.3) is 11.5 Å². The van der Waals surface area contributed by atoms with Crippen molar-refractivity contribution in [3.63, 3.8) is 0 Å². The maximum absolute atomic E-state index is 13.8. The first-order chi connectivity index (χ1) is 15.9. The molecule has 6 nitrogen and oxygen atoms in total. The molecular formula is C27H24N4O2. The molecule has 0 unspecified atom stereocenters. The van der Waals surface area contributed by atoms with E-state index in [0.717, 1.165) is 27.7 Å². The maximum Gasteiger partial charge on any atom is 0.296 e. The zero-order chi connectivity index (χ0) is 23.3. The fourth-order valence-electron chi connectivity index (χ4n) is 4.30. The van der Waals surface area contributed by atoms with E-state index in [4.69, 9.17) is 0 Å². The van der Waals surface area contributed by atoms with E-state index in [1.54, 1.807) is 11.9 Å². The van der Waals surface area contributed by atoms with Gasteiger partial charge in [0, 0.05) is 36.1 Å². The van der Waals surface area contributed by atoms with Gasteiger partial charge in [-0.2, -0.15) is 9.78 Å². The monoisotopic (exact) mass is 436 g/mol. The van der Waals surface area contributed by atoms with Gasteiger partial charge < -0.3 is 9.47 Å². The van der Waals surface area contributed by atoms with Crippen molar-refractivity contribution in [2.24, 2.45) is 7.05 Å². The highest BCUT2D eigenvalue weighted by Crippen LogP contribution is 2.29. The molecule has 5 aromatic rings. The summed E-state index contributed by atoms with van der Waals surface area (Å²) >= 11 is 0. The molecular weight excluding hydrogens is 412 g/mol. The summed E-state index contributed by atoms with van der Waals surface area (Å²) in [6, 6.07) is 23.0. The van der Waals surface area contributed by atoms with Gasteiger partial charge in [-0.3, -0.25) is 9.59 Å². The van der Waals surface area contributed by atoms with Gasteiger partial charge in [-0.1, -0.05) is 48.0 Å². The van der Waals surface area contributed by atoms with Crippen molar-refractivity contribution in [3.05, 3.63) is 100.0 Å². The van der Waals surface area contributed by atoms with E-state index in [1.165, 1.54) is 4.68 Å². The second-order valence-corrected chi connectivity index (χ2v) is 8.40. The predicted octanol–water partition coefficient (Wildman–Crippen LogP) is 4.77. The van der Waals surface area contributed by atoms with Gasteiger partial charge in [-0.15, -0.1) is 0 Å². The highest BCUT2D eigenvalue weighted by molar-refractivity contribution is 6.20. The van der Waals surface area contributed by atoms with Crippen LogP contribution >= 0.6 is 0 Å². The molecule has 0 spiro atoms. The summed E-state index contributed by atoms with van der Waals surface area (Å²) in [5.74, 6) is -0.275. The molecule has 164 valence electrons. The Morgan fingerprint density at radius 2 is 1.64 bits per heavy atom. The van der Waals surface area contributed by atoms with E-state index >= 15 is 0 Å². The number of nitrogens with zero attached hydrogens (tertiary/aromatic N) is 4. The fourth-order valence-corrected chi connectivity index (χ4v) is 4.30. The average Bonchev–Trinajstić information content (AvgIpc) is 3.12. The largest absolute Gasteiger partial charge is 0.339 e. The summed E-state index contributed by atoms with van der Waals surface area (Å²) in [6.07, 6.45) is 0. The molecule has 0 bridgehead atoms. The Labute approximate surface area is 191 Å². The number of anilines is 1. The SMILES string of the molecule is Cc1ccc(-n2nc(C(=O)N(C)c3cccc(C)c3)c3c4ccccc4n(C)c3c2=O)cc1. The number of hydrogen-bond donors (Lipinski definition) is 0. The average molecular weight is 437 g/mol. The van der Waals surface area contributed by atoms with E-state index in [9.17, 15) is 9.59 Å². The lowest BCUT2D eigenvalue weighted by atomic mass is 10.1. The molecule has 2 aromatic heterocycles. The molecule has 0 aliphatic rings. The van der Waals surface area contributed by atoms with Crippen LogP contribution in [0.15, 0.2) is 77.6 Å². The lowest BCUT2D eigenvalue weighted by Gasteiger charge is -2.19. The molecule has 6 heteroatoms. The van der Waals surface area contributed by atoms with E-state index in [0.29, 0.717) is 16.6 Å². The van der Waals surface area contributed by atoms with Crippen LogP contribution in [0, 0.1) is 13.8 Å². The summed E-state index contributed by atoms with van der Waals surface area (Å²) in [5.41, 5.74) is 4.82. The van der Waals surface area contributed by atoms with Crippen LogP contribution in [0.2, 0.25) is 0 Å². The van der Waals surface area contributed by atoms with Gasteiger partial charge in [0.05, 0.1) is 5.69 Å². The van der Waals surface area contributed by atoms with Gasteiger partial charge in [0.1, 0.15) is 5.52 Å². The summed E-state index contributed by atoms with van der Waals surface area (Å²) in [6.45, 7) is 3.97. The van der Waals surface area contributed by atoms with E-state index in [-0.39, 0.29) is 17.2 Å². The second kappa shape index (κ2) is 7.74. The zero-order valence-electron chi connectivity index (χ0n) is 19.0. The highest BCUT2D eigenvalue weighted by Gasteiger charge is 2.26. The predicted molar refractivity (Wildman–Crippen MR) is 132 cm³/mol. The summed E-state index contributed by atoms with van der Waals surface area (Å²) in [7, 11) is 3.58. The minimum absolute atomic E-state index is 0.242. The van der Waals surface area contributed by atoms with Gasteiger partial charge in [0.15, 0.2) is 5.69 Å². The Hall–Kier alpha value is -4.19. The molecule has 0 saturated heterocycles. The number of carbonyl (C=O) groups excluding carboxylic acids is 1. The summed E-state index contributed by atoms with van der Waals surface area (Å²) in [4.78, 5) is 29.0. The number of amides is 1. The lowest BCUT2D eigenvalue weighted by molar-refractivity contribution is 0.0988. The van der Waals surface area contributed by atoms with E-state index in [1.807, 2.05) is 98.3 Å². The molecule has 0 saturated carbocycles. The van der Waals surface area contributed by atoms with Gasteiger partial charge in [-0.05, 0) is 49.7 Å². The maximum atomic E-state index is 13.8. The Morgan fingerprint density at radius 3 is 2.36 bits per heavy atom. The highest BCUT2D eigenvalue weighted by atomic mass is 16.2.